The van der Waals surface area contributed by atoms with Crippen LogP contribution in [0.1, 0.15) is 36.3 Å². The van der Waals surface area contributed by atoms with Crippen LogP contribution in [0, 0.1) is 5.92 Å². The van der Waals surface area contributed by atoms with Crippen LogP contribution in [-0.4, -0.2) is 35.5 Å². The number of rotatable bonds is 5. The predicted octanol–water partition coefficient (Wildman–Crippen LogP) is 4.71. The molecule has 2 aliphatic rings. The highest BCUT2D eigenvalue weighted by Crippen LogP contribution is 2.46. The summed E-state index contributed by atoms with van der Waals surface area (Å²) in [5.41, 5.74) is 0.434. The third-order valence-corrected chi connectivity index (χ3v) is 6.14. The van der Waals surface area contributed by atoms with Crippen molar-refractivity contribution in [2.75, 3.05) is 6.61 Å². The molecule has 1 unspecified atom stereocenters. The Kier molecular flexibility index (Phi) is 4.95. The fourth-order valence-electron chi connectivity index (χ4n) is 4.39. The van der Waals surface area contributed by atoms with Gasteiger partial charge in [0.05, 0.1) is 0 Å². The molecule has 2 aliphatic carbocycles. The number of nitrogens with one attached hydrogen (secondary N) is 1. The third kappa shape index (κ3) is 3.11. The van der Waals surface area contributed by atoms with E-state index in [2.05, 4.69) is 0 Å². The maximum Gasteiger partial charge on any atom is 0.422 e. The van der Waals surface area contributed by atoms with Gasteiger partial charge in [0.1, 0.15) is 6.61 Å². The molecule has 1 saturated carbocycles. The number of benzene rings is 2. The summed E-state index contributed by atoms with van der Waals surface area (Å²) >= 11 is 0. The van der Waals surface area contributed by atoms with Crippen molar-refractivity contribution in [3.63, 3.8) is 0 Å². The van der Waals surface area contributed by atoms with Crippen molar-refractivity contribution in [3.8, 4) is 11.1 Å². The van der Waals surface area contributed by atoms with Crippen LogP contribution >= 0.6 is 0 Å². The second-order valence-electron chi connectivity index (χ2n) is 7.69. The normalized spacial score (nSPS) is 18.0. The highest BCUT2D eigenvalue weighted by Gasteiger charge is 2.67. The highest BCUT2D eigenvalue weighted by molar-refractivity contribution is 5.86. The Morgan fingerprint density at radius 1 is 1.00 bits per heavy atom. The minimum Gasteiger partial charge on any atom is -0.479 e. The minimum atomic E-state index is -5.14. The second-order valence-corrected chi connectivity index (χ2v) is 7.69. The number of aliphatic carboxylic acids is 1. The number of carbonyl (C=O) groups is 2. The van der Waals surface area contributed by atoms with E-state index in [1.165, 1.54) is 0 Å². The SMILES string of the molecule is O=C(NC(C(=O)O)(C1CCC1)C(F)(F)F)OCC1c2ccccc2-c2ccccc21. The van der Waals surface area contributed by atoms with Gasteiger partial charge in [-0.15, -0.1) is 0 Å². The molecule has 30 heavy (non-hydrogen) atoms. The summed E-state index contributed by atoms with van der Waals surface area (Å²) in [6.45, 7) is -0.196. The standard InChI is InChI=1S/C22H20F3NO4/c23-22(24,25)21(19(27)28,13-6-5-7-13)26-20(29)30-12-18-16-10-3-1-8-14(16)15-9-2-4-11-17(15)18/h1-4,8-11,13,18H,5-7,12H2,(H,26,29)(H,27,28). The molecule has 1 atom stereocenters. The zero-order valence-corrected chi connectivity index (χ0v) is 15.9. The van der Waals surface area contributed by atoms with Gasteiger partial charge in [-0.25, -0.2) is 9.59 Å². The van der Waals surface area contributed by atoms with E-state index in [4.69, 9.17) is 4.74 Å². The molecule has 2 N–H and O–H groups in total. The summed E-state index contributed by atoms with van der Waals surface area (Å²) in [5.74, 6) is -3.67. The molecule has 1 fully saturated rings. The molecule has 0 aliphatic heterocycles. The van der Waals surface area contributed by atoms with Gasteiger partial charge in [-0.1, -0.05) is 55.0 Å². The summed E-state index contributed by atoms with van der Waals surface area (Å²) < 4.78 is 46.4. The molecule has 2 aromatic carbocycles. The lowest BCUT2D eigenvalue weighted by Gasteiger charge is -2.42. The first-order valence-electron chi connectivity index (χ1n) is 9.69. The topological polar surface area (TPSA) is 75.6 Å². The number of carbonyl (C=O) groups excluding carboxylic acids is 1. The van der Waals surface area contributed by atoms with Crippen LogP contribution in [0.5, 0.6) is 0 Å². The van der Waals surface area contributed by atoms with E-state index >= 15 is 0 Å². The van der Waals surface area contributed by atoms with Crippen LogP contribution < -0.4 is 5.32 Å². The molecule has 2 aromatic rings. The number of carboxylic acid groups (broad SMARTS) is 1. The number of hydrogen-bond acceptors (Lipinski definition) is 3. The largest absolute Gasteiger partial charge is 0.479 e. The van der Waals surface area contributed by atoms with Crippen LogP contribution in [0.3, 0.4) is 0 Å². The van der Waals surface area contributed by atoms with Gasteiger partial charge in [-0.05, 0) is 35.1 Å². The van der Waals surface area contributed by atoms with Gasteiger partial charge in [0, 0.05) is 11.8 Å². The summed E-state index contributed by atoms with van der Waals surface area (Å²) in [6.07, 6.45) is -5.88. The average Bonchev–Trinajstić information content (AvgIpc) is 2.97. The summed E-state index contributed by atoms with van der Waals surface area (Å²) in [6, 6.07) is 15.1. The molecule has 8 heteroatoms. The minimum absolute atomic E-state index is 0.0788. The summed E-state index contributed by atoms with van der Waals surface area (Å²) in [5, 5.41) is 11.1. The first-order chi connectivity index (χ1) is 14.3. The zero-order chi connectivity index (χ0) is 21.5. The lowest BCUT2D eigenvalue weighted by molar-refractivity contribution is -0.226. The maximum absolute atomic E-state index is 13.7. The van der Waals surface area contributed by atoms with Crippen molar-refractivity contribution in [1.29, 1.82) is 0 Å². The van der Waals surface area contributed by atoms with Crippen molar-refractivity contribution in [3.05, 3.63) is 59.7 Å². The van der Waals surface area contributed by atoms with E-state index in [9.17, 15) is 27.9 Å². The van der Waals surface area contributed by atoms with Gasteiger partial charge in [0.2, 0.25) is 5.54 Å². The molecule has 0 spiro atoms. The van der Waals surface area contributed by atoms with Crippen LogP contribution in [0.15, 0.2) is 48.5 Å². The fraction of sp³-hybridized carbons (Fsp3) is 0.364. The first kappa shape index (κ1) is 20.3. The summed E-state index contributed by atoms with van der Waals surface area (Å²) in [7, 11) is 0. The molecular weight excluding hydrogens is 399 g/mol. The van der Waals surface area contributed by atoms with Crippen LogP contribution in [0.2, 0.25) is 0 Å². The second kappa shape index (κ2) is 7.34. The van der Waals surface area contributed by atoms with Crippen molar-refractivity contribution >= 4 is 12.1 Å². The smallest absolute Gasteiger partial charge is 0.422 e. The van der Waals surface area contributed by atoms with Gasteiger partial charge in [-0.2, -0.15) is 13.2 Å². The van der Waals surface area contributed by atoms with Gasteiger partial charge in [0.25, 0.3) is 0 Å². The number of fused-ring (bicyclic) bond motifs is 3. The first-order valence-corrected chi connectivity index (χ1v) is 9.69. The lowest BCUT2D eigenvalue weighted by Crippen LogP contribution is -2.69. The Labute approximate surface area is 170 Å². The molecule has 0 radical (unpaired) electrons. The zero-order valence-electron chi connectivity index (χ0n) is 15.9. The number of carboxylic acids is 1. The number of alkyl halides is 3. The number of halogens is 3. The Morgan fingerprint density at radius 2 is 1.53 bits per heavy atom. The van der Waals surface area contributed by atoms with Crippen LogP contribution in [-0.2, 0) is 9.53 Å². The van der Waals surface area contributed by atoms with Gasteiger partial charge < -0.3 is 9.84 Å². The lowest BCUT2D eigenvalue weighted by atomic mass is 9.70. The summed E-state index contributed by atoms with van der Waals surface area (Å²) in [4.78, 5) is 24.0. The number of ether oxygens (including phenoxy) is 1. The van der Waals surface area contributed by atoms with Crippen molar-refractivity contribution in [2.45, 2.75) is 36.9 Å². The Hall–Kier alpha value is -3.03. The highest BCUT2D eigenvalue weighted by atomic mass is 19.4. The van der Waals surface area contributed by atoms with E-state index < -0.39 is 29.7 Å². The fourth-order valence-corrected chi connectivity index (χ4v) is 4.39. The van der Waals surface area contributed by atoms with Crippen molar-refractivity contribution < 1.29 is 32.6 Å². The van der Waals surface area contributed by atoms with E-state index in [-0.39, 0.29) is 25.4 Å². The number of amides is 1. The molecule has 0 heterocycles. The molecule has 1 amide bonds. The Bertz CT molecular complexity index is 941. The van der Waals surface area contributed by atoms with Gasteiger partial charge in [-0.3, -0.25) is 5.32 Å². The van der Waals surface area contributed by atoms with E-state index in [1.54, 1.807) is 5.32 Å². The molecule has 158 valence electrons. The molecule has 4 rings (SSSR count). The van der Waals surface area contributed by atoms with E-state index in [1.807, 2.05) is 48.5 Å². The monoisotopic (exact) mass is 419 g/mol. The van der Waals surface area contributed by atoms with Gasteiger partial charge >= 0.3 is 18.2 Å². The Morgan fingerprint density at radius 3 is 1.97 bits per heavy atom. The van der Waals surface area contributed by atoms with Crippen LogP contribution in [0.4, 0.5) is 18.0 Å². The van der Waals surface area contributed by atoms with E-state index in [0.29, 0.717) is 6.42 Å². The molecule has 0 saturated heterocycles. The maximum atomic E-state index is 13.7. The predicted molar refractivity (Wildman–Crippen MR) is 102 cm³/mol. The van der Waals surface area contributed by atoms with Gasteiger partial charge in [0.15, 0.2) is 0 Å². The van der Waals surface area contributed by atoms with Crippen molar-refractivity contribution in [2.24, 2.45) is 5.92 Å². The number of hydrogen-bond donors (Lipinski definition) is 2. The van der Waals surface area contributed by atoms with Crippen molar-refractivity contribution in [1.82, 2.24) is 5.32 Å². The molecule has 5 nitrogen and oxygen atoms in total. The average molecular weight is 419 g/mol. The van der Waals surface area contributed by atoms with Crippen LogP contribution in [0.25, 0.3) is 11.1 Å². The molecule has 0 aromatic heterocycles. The quantitative estimate of drug-likeness (QED) is 0.736. The third-order valence-electron chi connectivity index (χ3n) is 6.14. The molecular formula is C22H20F3NO4. The van der Waals surface area contributed by atoms with E-state index in [0.717, 1.165) is 22.3 Å². The molecule has 0 bridgehead atoms. The Balaban J connectivity index is 1.54. The number of alkyl carbamates (subject to hydrolysis) is 1.